The Morgan fingerprint density at radius 1 is 0.914 bits per heavy atom. The van der Waals surface area contributed by atoms with E-state index in [1.807, 2.05) is 18.3 Å². The Morgan fingerprint density at radius 2 is 1.63 bits per heavy atom. The number of nitrogens with one attached hydrogen (secondary N) is 2. The molecule has 184 valence electrons. The van der Waals surface area contributed by atoms with E-state index in [1.165, 1.54) is 43.2 Å². The average molecular weight is 471 g/mol. The van der Waals surface area contributed by atoms with Crippen LogP contribution in [0.15, 0.2) is 48.8 Å². The van der Waals surface area contributed by atoms with Crippen LogP contribution in [0.2, 0.25) is 0 Å². The minimum atomic E-state index is -0.0553. The van der Waals surface area contributed by atoms with Gasteiger partial charge in [0.25, 0.3) is 0 Å². The zero-order valence-electron chi connectivity index (χ0n) is 20.6. The molecule has 2 aromatic rings. The van der Waals surface area contributed by atoms with Crippen molar-refractivity contribution >= 4 is 5.91 Å². The molecule has 1 aliphatic heterocycles. The second kappa shape index (κ2) is 9.01. The number of amides is 1. The van der Waals surface area contributed by atoms with E-state index in [1.54, 1.807) is 6.20 Å². The highest BCUT2D eigenvalue weighted by molar-refractivity contribution is 5.82. The number of nitrogens with zero attached hydrogens (tertiary/aromatic N) is 2. The summed E-state index contributed by atoms with van der Waals surface area (Å²) in [5, 5.41) is 7.41. The van der Waals surface area contributed by atoms with Crippen LogP contribution in [-0.4, -0.2) is 46.5 Å². The molecule has 8 rings (SSSR count). The van der Waals surface area contributed by atoms with E-state index in [0.29, 0.717) is 24.7 Å². The summed E-state index contributed by atoms with van der Waals surface area (Å²) in [7, 11) is 0. The topological polar surface area (TPSA) is 57.3 Å². The molecule has 35 heavy (non-hydrogen) atoms. The number of hydrogen-bond acceptors (Lipinski definition) is 4. The first kappa shape index (κ1) is 22.0. The molecule has 2 heterocycles. The van der Waals surface area contributed by atoms with Gasteiger partial charge in [-0.25, -0.2) is 0 Å². The van der Waals surface area contributed by atoms with Crippen LogP contribution >= 0.6 is 0 Å². The van der Waals surface area contributed by atoms with E-state index in [9.17, 15) is 4.79 Å². The molecule has 4 saturated carbocycles. The summed E-state index contributed by atoms with van der Waals surface area (Å²) in [6.45, 7) is 1.54. The van der Waals surface area contributed by atoms with E-state index in [2.05, 4.69) is 44.8 Å². The molecule has 6 aliphatic rings. The SMILES string of the molecule is O=C(NCc1cccnc1)[C@@H]1C[C@H](NC2C3CC4CC(C3)CC2C4)CN1C1Cc2ccccc2C1. The number of carbonyl (C=O) groups is 1. The molecule has 5 nitrogen and oxygen atoms in total. The van der Waals surface area contributed by atoms with Gasteiger partial charge in [-0.1, -0.05) is 30.3 Å². The Morgan fingerprint density at radius 3 is 2.29 bits per heavy atom. The number of fused-ring (bicyclic) bond motifs is 1. The molecular formula is C30H38N4O. The second-order valence-electron chi connectivity index (χ2n) is 12.2. The van der Waals surface area contributed by atoms with Gasteiger partial charge < -0.3 is 10.6 Å². The van der Waals surface area contributed by atoms with E-state index in [-0.39, 0.29) is 11.9 Å². The van der Waals surface area contributed by atoms with Gasteiger partial charge in [0.2, 0.25) is 5.91 Å². The van der Waals surface area contributed by atoms with Crippen LogP contribution in [0.1, 0.15) is 55.2 Å². The Balaban J connectivity index is 1.07. The third-order valence-electron chi connectivity index (χ3n) is 9.98. The van der Waals surface area contributed by atoms with Crippen LogP contribution in [0.3, 0.4) is 0 Å². The summed E-state index contributed by atoms with van der Waals surface area (Å²) >= 11 is 0. The highest BCUT2D eigenvalue weighted by Crippen LogP contribution is 2.54. The van der Waals surface area contributed by atoms with Gasteiger partial charge in [0, 0.05) is 43.6 Å². The fraction of sp³-hybridized carbons (Fsp3) is 0.600. The fourth-order valence-corrected chi connectivity index (χ4v) is 8.69. The predicted octanol–water partition coefficient (Wildman–Crippen LogP) is 3.72. The molecule has 5 fully saturated rings. The first-order chi connectivity index (χ1) is 17.2. The highest BCUT2D eigenvalue weighted by atomic mass is 16.2. The molecule has 5 heteroatoms. The lowest BCUT2D eigenvalue weighted by atomic mass is 9.54. The van der Waals surface area contributed by atoms with Crippen molar-refractivity contribution in [1.29, 1.82) is 0 Å². The molecule has 4 bridgehead atoms. The van der Waals surface area contributed by atoms with Crippen LogP contribution < -0.4 is 10.6 Å². The Kier molecular flexibility index (Phi) is 5.66. The number of rotatable bonds is 6. The number of hydrogen-bond donors (Lipinski definition) is 2. The summed E-state index contributed by atoms with van der Waals surface area (Å²) in [6.07, 6.45) is 13.9. The maximum absolute atomic E-state index is 13.5. The van der Waals surface area contributed by atoms with Crippen molar-refractivity contribution in [3.8, 4) is 0 Å². The molecular weight excluding hydrogens is 432 g/mol. The van der Waals surface area contributed by atoms with E-state index in [4.69, 9.17) is 0 Å². The Labute approximate surface area is 209 Å². The minimum Gasteiger partial charge on any atom is -0.351 e. The largest absolute Gasteiger partial charge is 0.351 e. The van der Waals surface area contributed by atoms with Crippen molar-refractivity contribution in [3.05, 3.63) is 65.5 Å². The molecule has 1 amide bonds. The third-order valence-corrected chi connectivity index (χ3v) is 9.98. The van der Waals surface area contributed by atoms with E-state index in [0.717, 1.165) is 55.0 Å². The van der Waals surface area contributed by atoms with Gasteiger partial charge in [0.05, 0.1) is 6.04 Å². The van der Waals surface area contributed by atoms with Gasteiger partial charge in [-0.05, 0) is 97.8 Å². The number of benzene rings is 1. The second-order valence-corrected chi connectivity index (χ2v) is 12.2. The van der Waals surface area contributed by atoms with Crippen LogP contribution in [-0.2, 0) is 24.2 Å². The minimum absolute atomic E-state index is 0.0553. The lowest BCUT2D eigenvalue weighted by Crippen LogP contribution is -2.57. The maximum Gasteiger partial charge on any atom is 0.237 e. The normalized spacial score (nSPS) is 35.9. The standard InChI is InChI=1S/C30H38N4O/c35-30(32-17-19-4-3-7-31-16-19)28-15-26(18-34(28)27-13-22-5-1-2-6-23(22)14-27)33-29-24-9-20-8-21(11-24)12-25(29)10-20/h1-7,16,20-21,24-29,33H,8-15,17-18H2,(H,32,35)/t20?,21?,24?,25?,26-,28-,29?/m0/s1. The number of aromatic nitrogens is 1. The predicted molar refractivity (Wildman–Crippen MR) is 137 cm³/mol. The van der Waals surface area contributed by atoms with Gasteiger partial charge in [-0.15, -0.1) is 0 Å². The molecule has 5 aliphatic carbocycles. The van der Waals surface area contributed by atoms with Crippen molar-refractivity contribution in [1.82, 2.24) is 20.5 Å². The summed E-state index contributed by atoms with van der Waals surface area (Å²) < 4.78 is 0. The first-order valence-corrected chi connectivity index (χ1v) is 13.9. The van der Waals surface area contributed by atoms with Gasteiger partial charge in [-0.2, -0.15) is 0 Å². The van der Waals surface area contributed by atoms with Crippen molar-refractivity contribution in [3.63, 3.8) is 0 Å². The van der Waals surface area contributed by atoms with Gasteiger partial charge >= 0.3 is 0 Å². The molecule has 0 radical (unpaired) electrons. The first-order valence-electron chi connectivity index (χ1n) is 13.9. The summed E-state index contributed by atoms with van der Waals surface area (Å²) in [5.41, 5.74) is 3.98. The highest BCUT2D eigenvalue weighted by Gasteiger charge is 2.50. The quantitative estimate of drug-likeness (QED) is 0.676. The molecule has 1 aromatic carbocycles. The summed E-state index contributed by atoms with van der Waals surface area (Å²) in [6, 6.07) is 14.3. The van der Waals surface area contributed by atoms with Gasteiger partial charge in [0.15, 0.2) is 0 Å². The summed E-state index contributed by atoms with van der Waals surface area (Å²) in [4.78, 5) is 20.3. The van der Waals surface area contributed by atoms with Crippen LogP contribution in [0.25, 0.3) is 0 Å². The van der Waals surface area contributed by atoms with E-state index < -0.39 is 0 Å². The van der Waals surface area contributed by atoms with Crippen LogP contribution in [0.5, 0.6) is 0 Å². The van der Waals surface area contributed by atoms with Crippen molar-refractivity contribution in [2.24, 2.45) is 23.7 Å². The van der Waals surface area contributed by atoms with Crippen molar-refractivity contribution in [2.75, 3.05) is 6.54 Å². The van der Waals surface area contributed by atoms with Gasteiger partial charge in [0.1, 0.15) is 0 Å². The van der Waals surface area contributed by atoms with Crippen LogP contribution in [0, 0.1) is 23.7 Å². The monoisotopic (exact) mass is 470 g/mol. The van der Waals surface area contributed by atoms with Crippen LogP contribution in [0.4, 0.5) is 0 Å². The van der Waals surface area contributed by atoms with Crippen molar-refractivity contribution < 1.29 is 4.79 Å². The maximum atomic E-state index is 13.5. The van der Waals surface area contributed by atoms with Gasteiger partial charge in [-0.3, -0.25) is 14.7 Å². The lowest BCUT2D eigenvalue weighted by molar-refractivity contribution is -0.126. The smallest absolute Gasteiger partial charge is 0.237 e. The molecule has 2 N–H and O–H groups in total. The average Bonchev–Trinajstić information content (AvgIpc) is 3.49. The van der Waals surface area contributed by atoms with Crippen molar-refractivity contribution in [2.45, 2.75) is 82.1 Å². The molecule has 1 saturated heterocycles. The zero-order chi connectivity index (χ0) is 23.4. The zero-order valence-corrected chi connectivity index (χ0v) is 20.6. The fourth-order valence-electron chi connectivity index (χ4n) is 8.69. The molecule has 0 unspecified atom stereocenters. The molecule has 1 aromatic heterocycles. The third kappa shape index (κ3) is 4.21. The summed E-state index contributed by atoms with van der Waals surface area (Å²) in [5.74, 6) is 3.92. The molecule has 2 atom stereocenters. The Hall–Kier alpha value is -2.24. The lowest BCUT2D eigenvalue weighted by Gasteiger charge is -2.55. The number of likely N-dealkylation sites (tertiary alicyclic amines) is 1. The number of pyridine rings is 1. The van der Waals surface area contributed by atoms with E-state index >= 15 is 0 Å². The number of carbonyl (C=O) groups excluding carboxylic acids is 1. The molecule has 0 spiro atoms. The Bertz CT molecular complexity index is 1020.